The summed E-state index contributed by atoms with van der Waals surface area (Å²) in [5.41, 5.74) is 0.954. The summed E-state index contributed by atoms with van der Waals surface area (Å²) in [6.45, 7) is 1.38. The molecule has 1 aliphatic rings. The third kappa shape index (κ3) is 5.10. The van der Waals surface area contributed by atoms with Crippen molar-refractivity contribution in [2.75, 3.05) is 30.8 Å². The Balaban J connectivity index is 1.80. The van der Waals surface area contributed by atoms with E-state index in [-0.39, 0.29) is 30.1 Å². The van der Waals surface area contributed by atoms with Crippen LogP contribution in [0.1, 0.15) is 17.3 Å². The van der Waals surface area contributed by atoms with E-state index in [1.165, 1.54) is 11.8 Å². The lowest BCUT2D eigenvalue weighted by Gasteiger charge is -2.13. The third-order valence-corrected chi connectivity index (χ3v) is 3.95. The van der Waals surface area contributed by atoms with E-state index in [1.54, 1.807) is 24.3 Å². The number of hydrogen-bond donors (Lipinski definition) is 1. The first kappa shape index (κ1) is 17.0. The zero-order valence-electron chi connectivity index (χ0n) is 12.5. The molecule has 1 aromatic rings. The number of ether oxygens (including phenoxy) is 1. The average molecular weight is 336 g/mol. The lowest BCUT2D eigenvalue weighted by Crippen LogP contribution is -2.31. The van der Waals surface area contributed by atoms with E-state index in [9.17, 15) is 19.2 Å². The molecule has 0 atom stereocenters. The highest BCUT2D eigenvalue weighted by atomic mass is 32.2. The molecule has 1 N–H and O–H groups in total. The molecule has 1 aromatic carbocycles. The normalized spacial score (nSPS) is 13.8. The maximum Gasteiger partial charge on any atom is 0.326 e. The fourth-order valence-corrected chi connectivity index (χ4v) is 2.77. The van der Waals surface area contributed by atoms with Gasteiger partial charge in [-0.25, -0.2) is 0 Å². The molecule has 0 radical (unpaired) electrons. The van der Waals surface area contributed by atoms with E-state index in [4.69, 9.17) is 4.74 Å². The molecule has 8 heteroatoms. The van der Waals surface area contributed by atoms with Gasteiger partial charge in [0, 0.05) is 30.5 Å². The summed E-state index contributed by atoms with van der Waals surface area (Å²) in [6, 6.07) is 6.28. The number of hydrogen-bond acceptors (Lipinski definition) is 6. The standard InChI is InChI=1S/C15H16N2O5S/c1-10(18)16-12-4-2-11(3-5-12)13(19)9-22-14(20)8-17-6-7-23-15(17)21/h2-5H,6-9H2,1H3,(H,16,18). The van der Waals surface area contributed by atoms with Crippen LogP contribution in [-0.2, 0) is 14.3 Å². The molecule has 1 fully saturated rings. The molecule has 2 amide bonds. The average Bonchev–Trinajstić information content (AvgIpc) is 2.90. The van der Waals surface area contributed by atoms with Gasteiger partial charge in [-0.05, 0) is 24.3 Å². The van der Waals surface area contributed by atoms with Crippen LogP contribution in [0.25, 0.3) is 0 Å². The molecule has 0 saturated carbocycles. The molecule has 0 bridgehead atoms. The summed E-state index contributed by atoms with van der Waals surface area (Å²) in [5, 5.41) is 2.44. The number of nitrogens with one attached hydrogen (secondary N) is 1. The second-order valence-corrected chi connectivity index (χ2v) is 5.92. The third-order valence-electron chi connectivity index (χ3n) is 3.06. The molecule has 23 heavy (non-hydrogen) atoms. The van der Waals surface area contributed by atoms with Crippen LogP contribution in [-0.4, -0.2) is 53.2 Å². The van der Waals surface area contributed by atoms with Crippen molar-refractivity contribution in [2.45, 2.75) is 6.92 Å². The summed E-state index contributed by atoms with van der Waals surface area (Å²) < 4.78 is 4.90. The van der Waals surface area contributed by atoms with E-state index in [0.29, 0.717) is 23.5 Å². The lowest BCUT2D eigenvalue weighted by molar-refractivity contribution is -0.142. The van der Waals surface area contributed by atoms with Crippen molar-refractivity contribution in [1.29, 1.82) is 0 Å². The Morgan fingerprint density at radius 1 is 1.26 bits per heavy atom. The predicted octanol–water partition coefficient (Wildman–Crippen LogP) is 1.54. The van der Waals surface area contributed by atoms with Gasteiger partial charge < -0.3 is 15.0 Å². The number of rotatable bonds is 6. The number of ketones is 1. The summed E-state index contributed by atoms with van der Waals surface area (Å²) in [5.74, 6) is -0.502. The SMILES string of the molecule is CC(=O)Nc1ccc(C(=O)COC(=O)CN2CCSC2=O)cc1. The van der Waals surface area contributed by atoms with Crippen LogP contribution < -0.4 is 5.32 Å². The van der Waals surface area contributed by atoms with E-state index in [2.05, 4.69) is 5.32 Å². The zero-order valence-corrected chi connectivity index (χ0v) is 13.4. The number of anilines is 1. The topological polar surface area (TPSA) is 92.8 Å². The fraction of sp³-hybridized carbons (Fsp3) is 0.333. The van der Waals surface area contributed by atoms with Crippen molar-refractivity contribution in [3.05, 3.63) is 29.8 Å². The highest BCUT2D eigenvalue weighted by molar-refractivity contribution is 8.13. The monoisotopic (exact) mass is 336 g/mol. The molecule has 122 valence electrons. The van der Waals surface area contributed by atoms with Gasteiger partial charge in [0.05, 0.1) is 0 Å². The molecule has 7 nitrogen and oxygen atoms in total. The van der Waals surface area contributed by atoms with Crippen LogP contribution in [0.5, 0.6) is 0 Å². The first-order valence-electron chi connectivity index (χ1n) is 6.94. The first-order chi connectivity index (χ1) is 11.0. The van der Waals surface area contributed by atoms with Gasteiger partial charge in [-0.1, -0.05) is 11.8 Å². The number of Topliss-reactive ketones (excluding diaryl/α,β-unsaturated/α-hetero) is 1. The number of carbonyl (C=O) groups is 4. The van der Waals surface area contributed by atoms with E-state index in [1.807, 2.05) is 0 Å². The summed E-state index contributed by atoms with van der Waals surface area (Å²) >= 11 is 1.16. The van der Waals surface area contributed by atoms with Crippen LogP contribution in [0.4, 0.5) is 10.5 Å². The van der Waals surface area contributed by atoms with Gasteiger partial charge in [0.25, 0.3) is 5.24 Å². The summed E-state index contributed by atoms with van der Waals surface area (Å²) in [7, 11) is 0. The highest BCUT2D eigenvalue weighted by Crippen LogP contribution is 2.16. The molecule has 1 aliphatic heterocycles. The van der Waals surface area contributed by atoms with Crippen molar-refractivity contribution in [1.82, 2.24) is 4.90 Å². The molecule has 1 heterocycles. The number of thioether (sulfide) groups is 1. The Kier molecular flexibility index (Phi) is 5.75. The van der Waals surface area contributed by atoms with Crippen LogP contribution in [0.3, 0.4) is 0 Å². The zero-order chi connectivity index (χ0) is 16.8. The van der Waals surface area contributed by atoms with Crippen molar-refractivity contribution in [2.24, 2.45) is 0 Å². The fourth-order valence-electron chi connectivity index (χ4n) is 1.94. The number of esters is 1. The van der Waals surface area contributed by atoms with E-state index >= 15 is 0 Å². The molecular weight excluding hydrogens is 320 g/mol. The number of amides is 2. The summed E-state index contributed by atoms with van der Waals surface area (Å²) in [4.78, 5) is 47.2. The molecule has 0 spiro atoms. The van der Waals surface area contributed by atoms with Crippen molar-refractivity contribution in [3.8, 4) is 0 Å². The molecule has 2 rings (SSSR count). The van der Waals surface area contributed by atoms with Crippen molar-refractivity contribution in [3.63, 3.8) is 0 Å². The Morgan fingerprint density at radius 3 is 2.52 bits per heavy atom. The molecule has 0 aliphatic carbocycles. The van der Waals surface area contributed by atoms with E-state index < -0.39 is 5.97 Å². The minimum atomic E-state index is -0.607. The largest absolute Gasteiger partial charge is 0.456 e. The van der Waals surface area contributed by atoms with Gasteiger partial charge in [-0.3, -0.25) is 19.2 Å². The quantitative estimate of drug-likeness (QED) is 0.626. The lowest BCUT2D eigenvalue weighted by atomic mass is 10.1. The summed E-state index contributed by atoms with van der Waals surface area (Å²) in [6.07, 6.45) is 0. The molecular formula is C15H16N2O5S. The molecule has 1 saturated heterocycles. The van der Waals surface area contributed by atoms with Gasteiger partial charge in [-0.2, -0.15) is 0 Å². The van der Waals surface area contributed by atoms with Crippen LogP contribution in [0.15, 0.2) is 24.3 Å². The van der Waals surface area contributed by atoms with Gasteiger partial charge in [0.1, 0.15) is 6.54 Å². The van der Waals surface area contributed by atoms with Gasteiger partial charge in [0.2, 0.25) is 5.91 Å². The smallest absolute Gasteiger partial charge is 0.326 e. The Hall–Kier alpha value is -2.35. The Bertz CT molecular complexity index is 629. The Labute approximate surface area is 137 Å². The van der Waals surface area contributed by atoms with Crippen LogP contribution in [0.2, 0.25) is 0 Å². The van der Waals surface area contributed by atoms with E-state index in [0.717, 1.165) is 11.8 Å². The minimum absolute atomic E-state index is 0.138. The second-order valence-electron chi connectivity index (χ2n) is 4.88. The van der Waals surface area contributed by atoms with Gasteiger partial charge >= 0.3 is 5.97 Å². The number of nitrogens with zero attached hydrogens (tertiary/aromatic N) is 1. The number of benzene rings is 1. The predicted molar refractivity (Wildman–Crippen MR) is 85.5 cm³/mol. The molecule has 0 unspecified atom stereocenters. The van der Waals surface area contributed by atoms with Crippen LogP contribution >= 0.6 is 11.8 Å². The van der Waals surface area contributed by atoms with Crippen molar-refractivity contribution < 1.29 is 23.9 Å². The number of carbonyl (C=O) groups excluding carboxylic acids is 4. The van der Waals surface area contributed by atoms with Gasteiger partial charge in [-0.15, -0.1) is 0 Å². The van der Waals surface area contributed by atoms with Gasteiger partial charge in [0.15, 0.2) is 12.4 Å². The highest BCUT2D eigenvalue weighted by Gasteiger charge is 2.24. The van der Waals surface area contributed by atoms with Crippen LogP contribution in [0, 0.1) is 0 Å². The first-order valence-corrected chi connectivity index (χ1v) is 7.92. The molecule has 0 aromatic heterocycles. The van der Waals surface area contributed by atoms with Crippen molar-refractivity contribution >= 4 is 40.3 Å². The second kappa shape index (κ2) is 7.77. The Morgan fingerprint density at radius 2 is 1.96 bits per heavy atom. The maximum absolute atomic E-state index is 11.9. The maximum atomic E-state index is 11.9. The minimum Gasteiger partial charge on any atom is -0.456 e.